The molecule has 6 rings (SSSR count). The zero-order valence-electron chi connectivity index (χ0n) is 22.1. The van der Waals surface area contributed by atoms with Crippen molar-refractivity contribution in [3.8, 4) is 11.5 Å². The van der Waals surface area contributed by atoms with E-state index < -0.39 is 52.8 Å². The number of imide groups is 4. The first-order valence-electron chi connectivity index (χ1n) is 13.4. The Balaban J connectivity index is 1.54. The van der Waals surface area contributed by atoms with E-state index >= 15 is 0 Å². The molecule has 2 aliphatic carbocycles. The van der Waals surface area contributed by atoms with Crippen LogP contribution in [0.5, 0.6) is 11.5 Å². The van der Waals surface area contributed by atoms with Crippen molar-refractivity contribution < 1.29 is 33.8 Å². The molecule has 2 heterocycles. The van der Waals surface area contributed by atoms with Gasteiger partial charge < -0.3 is 15.6 Å². The van der Waals surface area contributed by atoms with Gasteiger partial charge in [-0.15, -0.1) is 0 Å². The van der Waals surface area contributed by atoms with Crippen LogP contribution in [-0.4, -0.2) is 46.3 Å². The van der Waals surface area contributed by atoms with E-state index in [0.29, 0.717) is 22.8 Å². The summed E-state index contributed by atoms with van der Waals surface area (Å²) < 4.78 is 5.64. The predicted molar refractivity (Wildman–Crippen MR) is 142 cm³/mol. The Morgan fingerprint density at radius 2 is 1.77 bits per heavy atom. The van der Waals surface area contributed by atoms with E-state index in [-0.39, 0.29) is 36.2 Å². The number of likely N-dealkylation sites (tertiary alicyclic amines) is 1. The van der Waals surface area contributed by atoms with Crippen LogP contribution in [0.4, 0.5) is 10.5 Å². The Bertz CT molecular complexity index is 1500. The molecule has 3 N–H and O–H groups in total. The standard InChI is InChI=1S/C30H29N3O7/c1-3-40-22-13-15(9-12-21(22)34)24-17-10-11-18-23(27(37)33(25(18)35)29(31)39)19(17)14-20-26(36)32(28(38)30(20,24)2)16-7-5-4-6-8-16/h4-10,12-13,18-20,23-24,34H,3,11,14H2,1-2H3,(H2,31,39)/t18-,19+,20-,23-,24-,30+/m0/s1. The van der Waals surface area contributed by atoms with E-state index in [2.05, 4.69) is 0 Å². The van der Waals surface area contributed by atoms with Gasteiger partial charge in [0, 0.05) is 5.92 Å². The molecule has 4 aliphatic rings. The van der Waals surface area contributed by atoms with Gasteiger partial charge in [0.05, 0.1) is 35.5 Å². The molecule has 0 bridgehead atoms. The highest BCUT2D eigenvalue weighted by atomic mass is 16.5. The predicted octanol–water partition coefficient (Wildman–Crippen LogP) is 3.10. The maximum absolute atomic E-state index is 14.3. The molecule has 2 saturated heterocycles. The quantitative estimate of drug-likeness (QED) is 0.445. The molecule has 10 nitrogen and oxygen atoms in total. The van der Waals surface area contributed by atoms with Crippen molar-refractivity contribution in [1.82, 2.24) is 4.90 Å². The van der Waals surface area contributed by atoms with Crippen LogP contribution >= 0.6 is 0 Å². The fraction of sp³-hybridized carbons (Fsp3) is 0.367. The number of primary amides is 1. The number of anilines is 1. The molecule has 10 heteroatoms. The third-order valence-corrected chi connectivity index (χ3v) is 9.13. The summed E-state index contributed by atoms with van der Waals surface area (Å²) in [4.78, 5) is 68.5. The van der Waals surface area contributed by atoms with Gasteiger partial charge in [0.25, 0.3) is 0 Å². The molecule has 2 aliphatic heterocycles. The van der Waals surface area contributed by atoms with Crippen LogP contribution in [0.1, 0.15) is 38.2 Å². The van der Waals surface area contributed by atoms with E-state index in [0.717, 1.165) is 5.57 Å². The molecule has 1 saturated carbocycles. The maximum atomic E-state index is 14.3. The Hall–Kier alpha value is -4.47. The van der Waals surface area contributed by atoms with Crippen LogP contribution in [0.15, 0.2) is 60.2 Å². The largest absolute Gasteiger partial charge is 0.504 e. The molecule has 206 valence electrons. The molecule has 2 aromatic carbocycles. The van der Waals surface area contributed by atoms with Crippen molar-refractivity contribution in [1.29, 1.82) is 0 Å². The van der Waals surface area contributed by atoms with Crippen LogP contribution in [0.25, 0.3) is 0 Å². The van der Waals surface area contributed by atoms with Gasteiger partial charge in [0.15, 0.2) is 11.5 Å². The Labute approximate surface area is 230 Å². The molecule has 0 spiro atoms. The molecule has 0 unspecified atom stereocenters. The lowest BCUT2D eigenvalue weighted by molar-refractivity contribution is -0.136. The number of fused-ring (bicyclic) bond motifs is 4. The van der Waals surface area contributed by atoms with Gasteiger partial charge in [-0.05, 0) is 62.4 Å². The number of ether oxygens (including phenoxy) is 1. The summed E-state index contributed by atoms with van der Waals surface area (Å²) in [6.45, 7) is 3.86. The number of allylic oxidation sites excluding steroid dienone is 2. The van der Waals surface area contributed by atoms with Crippen molar-refractivity contribution in [2.24, 2.45) is 34.8 Å². The van der Waals surface area contributed by atoms with Crippen LogP contribution < -0.4 is 15.4 Å². The fourth-order valence-electron chi connectivity index (χ4n) is 7.42. The number of urea groups is 1. The second-order valence-electron chi connectivity index (χ2n) is 11.0. The van der Waals surface area contributed by atoms with Gasteiger partial charge in [-0.3, -0.25) is 19.2 Å². The van der Waals surface area contributed by atoms with Gasteiger partial charge >= 0.3 is 6.03 Å². The first kappa shape index (κ1) is 25.8. The lowest BCUT2D eigenvalue weighted by Crippen LogP contribution is -2.49. The van der Waals surface area contributed by atoms with Gasteiger partial charge in [0.2, 0.25) is 23.6 Å². The normalized spacial score (nSPS) is 31.1. The summed E-state index contributed by atoms with van der Waals surface area (Å²) in [6.07, 6.45) is 2.24. The Kier molecular flexibility index (Phi) is 5.83. The smallest absolute Gasteiger partial charge is 0.328 e. The van der Waals surface area contributed by atoms with E-state index in [1.54, 1.807) is 56.3 Å². The fourth-order valence-corrected chi connectivity index (χ4v) is 7.42. The zero-order valence-corrected chi connectivity index (χ0v) is 22.1. The number of nitrogens with two attached hydrogens (primary N) is 1. The Morgan fingerprint density at radius 1 is 1.05 bits per heavy atom. The minimum absolute atomic E-state index is 0.0641. The molecule has 2 aromatic rings. The number of nitrogens with zero attached hydrogens (tertiary/aromatic N) is 2. The topological polar surface area (TPSA) is 147 Å². The summed E-state index contributed by atoms with van der Waals surface area (Å²) in [6, 6.07) is 12.4. The van der Waals surface area contributed by atoms with Crippen LogP contribution in [-0.2, 0) is 19.2 Å². The number of carbonyl (C=O) groups is 5. The number of phenols is 1. The van der Waals surface area contributed by atoms with Crippen molar-refractivity contribution in [2.75, 3.05) is 11.5 Å². The zero-order chi connectivity index (χ0) is 28.5. The summed E-state index contributed by atoms with van der Waals surface area (Å²) in [5.41, 5.74) is 6.02. The molecule has 0 aromatic heterocycles. The number of para-hydroxylation sites is 1. The van der Waals surface area contributed by atoms with Crippen molar-refractivity contribution in [3.63, 3.8) is 0 Å². The number of hydrogen-bond acceptors (Lipinski definition) is 7. The van der Waals surface area contributed by atoms with Gasteiger partial charge in [-0.1, -0.05) is 35.9 Å². The first-order valence-corrected chi connectivity index (χ1v) is 13.4. The second kappa shape index (κ2) is 9.04. The Morgan fingerprint density at radius 3 is 2.45 bits per heavy atom. The van der Waals surface area contributed by atoms with E-state index in [1.165, 1.54) is 11.0 Å². The second-order valence-corrected chi connectivity index (χ2v) is 11.0. The van der Waals surface area contributed by atoms with Crippen LogP contribution in [0.2, 0.25) is 0 Å². The van der Waals surface area contributed by atoms with Crippen LogP contribution in [0.3, 0.4) is 0 Å². The number of aromatic hydroxyl groups is 1. The summed E-state index contributed by atoms with van der Waals surface area (Å²) >= 11 is 0. The third-order valence-electron chi connectivity index (χ3n) is 9.13. The van der Waals surface area contributed by atoms with Crippen molar-refractivity contribution >= 4 is 35.3 Å². The van der Waals surface area contributed by atoms with Crippen molar-refractivity contribution in [3.05, 3.63) is 65.7 Å². The minimum Gasteiger partial charge on any atom is -0.504 e. The number of carbonyl (C=O) groups excluding carboxylic acids is 5. The maximum Gasteiger partial charge on any atom is 0.328 e. The summed E-state index contributed by atoms with van der Waals surface area (Å²) in [5.74, 6) is -5.54. The van der Waals surface area contributed by atoms with E-state index in [9.17, 15) is 29.1 Å². The lowest BCUT2D eigenvalue weighted by Gasteiger charge is -2.49. The highest BCUT2D eigenvalue weighted by Gasteiger charge is 2.67. The average molecular weight is 544 g/mol. The number of rotatable bonds is 4. The average Bonchev–Trinajstić information content (AvgIpc) is 3.30. The first-order chi connectivity index (χ1) is 19.1. The molecular formula is C30H29N3O7. The number of benzene rings is 2. The molecule has 40 heavy (non-hydrogen) atoms. The molecule has 6 amide bonds. The number of hydrogen-bond donors (Lipinski definition) is 2. The van der Waals surface area contributed by atoms with Gasteiger partial charge in [-0.25, -0.2) is 9.69 Å². The molecule has 6 atom stereocenters. The monoisotopic (exact) mass is 543 g/mol. The number of phenolic OH excluding ortho intramolecular Hbond substituents is 1. The van der Waals surface area contributed by atoms with E-state index in [4.69, 9.17) is 10.5 Å². The molecular weight excluding hydrogens is 514 g/mol. The highest BCUT2D eigenvalue weighted by Crippen LogP contribution is 2.63. The van der Waals surface area contributed by atoms with Crippen molar-refractivity contribution in [2.45, 2.75) is 32.6 Å². The summed E-state index contributed by atoms with van der Waals surface area (Å²) in [7, 11) is 0. The lowest BCUT2D eigenvalue weighted by atomic mass is 9.51. The highest BCUT2D eigenvalue weighted by molar-refractivity contribution is 6.24. The van der Waals surface area contributed by atoms with E-state index in [1.807, 2.05) is 6.08 Å². The molecule has 0 radical (unpaired) electrons. The minimum atomic E-state index is -1.22. The third kappa shape index (κ3) is 3.38. The SMILES string of the molecule is CCOc1cc([C@H]2C3=CC[C@@H]4C(=O)N(C(N)=O)C(=O)[C@@H]4[C@@H]3C[C@H]3C(=O)N(c4ccccc4)C(=O)[C@@]23C)ccc1O. The van der Waals surface area contributed by atoms with Gasteiger partial charge in [0.1, 0.15) is 0 Å². The summed E-state index contributed by atoms with van der Waals surface area (Å²) in [5, 5.41) is 10.4. The van der Waals surface area contributed by atoms with Gasteiger partial charge in [-0.2, -0.15) is 4.90 Å². The van der Waals surface area contributed by atoms with Crippen LogP contribution in [0, 0.1) is 29.1 Å². The number of amides is 6. The molecule has 3 fully saturated rings.